The minimum absolute atomic E-state index is 0.0224. The largest absolute Gasteiger partial charge is 0.462 e. The van der Waals surface area contributed by atoms with Crippen molar-refractivity contribution < 1.29 is 9.53 Å². The number of carbonyl (C=O) groups excluding carboxylic acids is 1. The minimum atomic E-state index is 0.0224. The molecule has 0 amide bonds. The van der Waals surface area contributed by atoms with Crippen molar-refractivity contribution in [1.29, 1.82) is 5.26 Å². The van der Waals surface area contributed by atoms with E-state index in [1.165, 1.54) is 23.6 Å². The molecule has 0 aromatic heterocycles. The molecule has 2 saturated carbocycles. The second kappa shape index (κ2) is 11.7. The SMILES string of the molecule is CCCc1ccc([C@H]2CC[C@H](OC(=O)[C@H]3CC[C@H](C=CC=CC#N)CC3)CC2)cc1. The Balaban J connectivity index is 1.39. The summed E-state index contributed by atoms with van der Waals surface area (Å²) in [7, 11) is 0. The summed E-state index contributed by atoms with van der Waals surface area (Å²) in [5.41, 5.74) is 2.86. The Kier molecular flexibility index (Phi) is 8.75. The molecule has 0 heterocycles. The Bertz CT molecular complexity index is 755. The van der Waals surface area contributed by atoms with E-state index in [1.807, 2.05) is 12.1 Å². The Morgan fingerprint density at radius 3 is 2.37 bits per heavy atom. The van der Waals surface area contributed by atoms with Gasteiger partial charge in [-0.25, -0.2) is 0 Å². The molecule has 0 atom stereocenters. The lowest BCUT2D eigenvalue weighted by molar-refractivity contribution is -0.157. The third-order valence-electron chi connectivity index (χ3n) is 6.72. The number of allylic oxidation sites excluding steroid dienone is 4. The number of hydrogen-bond donors (Lipinski definition) is 0. The average molecular weight is 406 g/mol. The van der Waals surface area contributed by atoms with Gasteiger partial charge in [0.05, 0.1) is 12.0 Å². The number of rotatable bonds is 7. The van der Waals surface area contributed by atoms with Crippen LogP contribution >= 0.6 is 0 Å². The van der Waals surface area contributed by atoms with Gasteiger partial charge in [0.15, 0.2) is 0 Å². The van der Waals surface area contributed by atoms with Crippen LogP contribution in [0.3, 0.4) is 0 Å². The van der Waals surface area contributed by atoms with Crippen LogP contribution in [0.15, 0.2) is 48.6 Å². The van der Waals surface area contributed by atoms with Gasteiger partial charge in [-0.1, -0.05) is 55.8 Å². The lowest BCUT2D eigenvalue weighted by Crippen LogP contribution is -2.29. The molecule has 0 saturated heterocycles. The molecule has 160 valence electrons. The zero-order chi connectivity index (χ0) is 21.2. The fraction of sp³-hybridized carbons (Fsp3) is 0.556. The van der Waals surface area contributed by atoms with E-state index in [4.69, 9.17) is 10.00 Å². The van der Waals surface area contributed by atoms with Crippen molar-refractivity contribution in [2.24, 2.45) is 11.8 Å². The standard InChI is InChI=1S/C27H35NO2/c1-2-6-21-8-12-23(13-9-21)24-16-18-26(19-17-24)30-27(29)25-14-10-22(11-15-25)7-4-3-5-20-28/h3-5,7-9,12-13,22,24-26H,2,6,10-11,14-19H2,1H3/t22-,24-,25-,26-. The summed E-state index contributed by atoms with van der Waals surface area (Å²) < 4.78 is 5.91. The lowest BCUT2D eigenvalue weighted by Gasteiger charge is -2.31. The number of aryl methyl sites for hydroxylation is 1. The van der Waals surface area contributed by atoms with Crippen LogP contribution in [0.2, 0.25) is 0 Å². The van der Waals surface area contributed by atoms with Crippen LogP contribution in [0.4, 0.5) is 0 Å². The van der Waals surface area contributed by atoms with E-state index in [-0.39, 0.29) is 18.0 Å². The molecular formula is C27H35NO2. The van der Waals surface area contributed by atoms with Gasteiger partial charge >= 0.3 is 5.97 Å². The first kappa shape index (κ1) is 22.3. The van der Waals surface area contributed by atoms with Gasteiger partial charge in [-0.3, -0.25) is 4.79 Å². The number of nitrogens with zero attached hydrogens (tertiary/aromatic N) is 1. The van der Waals surface area contributed by atoms with E-state index in [1.54, 1.807) is 6.08 Å². The molecule has 1 aromatic rings. The molecule has 0 aliphatic heterocycles. The van der Waals surface area contributed by atoms with E-state index in [0.29, 0.717) is 11.8 Å². The van der Waals surface area contributed by atoms with Crippen LogP contribution in [-0.2, 0) is 16.0 Å². The highest BCUT2D eigenvalue weighted by atomic mass is 16.5. The summed E-state index contributed by atoms with van der Waals surface area (Å²) in [5.74, 6) is 1.20. The predicted octanol–water partition coefficient (Wildman–Crippen LogP) is 6.65. The van der Waals surface area contributed by atoms with Crippen LogP contribution in [0, 0.1) is 23.2 Å². The topological polar surface area (TPSA) is 50.1 Å². The number of ether oxygens (including phenoxy) is 1. The third kappa shape index (κ3) is 6.59. The van der Waals surface area contributed by atoms with Gasteiger partial charge in [0, 0.05) is 6.08 Å². The van der Waals surface area contributed by atoms with E-state index >= 15 is 0 Å². The molecular weight excluding hydrogens is 370 g/mol. The molecule has 0 unspecified atom stereocenters. The molecule has 3 heteroatoms. The highest BCUT2D eigenvalue weighted by molar-refractivity contribution is 5.72. The van der Waals surface area contributed by atoms with Gasteiger partial charge in [-0.2, -0.15) is 5.26 Å². The summed E-state index contributed by atoms with van der Waals surface area (Å²) in [4.78, 5) is 12.6. The number of benzene rings is 1. The predicted molar refractivity (Wildman–Crippen MR) is 121 cm³/mol. The van der Waals surface area contributed by atoms with Crippen molar-refractivity contribution in [3.05, 3.63) is 59.7 Å². The number of nitriles is 1. The zero-order valence-electron chi connectivity index (χ0n) is 18.3. The fourth-order valence-electron chi connectivity index (χ4n) is 4.89. The first-order valence-electron chi connectivity index (χ1n) is 11.7. The van der Waals surface area contributed by atoms with Crippen LogP contribution in [0.25, 0.3) is 0 Å². The summed E-state index contributed by atoms with van der Waals surface area (Å²) in [6, 6.07) is 11.1. The Labute approximate surface area is 181 Å². The minimum Gasteiger partial charge on any atom is -0.462 e. The number of esters is 1. The van der Waals surface area contributed by atoms with Crippen LogP contribution < -0.4 is 0 Å². The van der Waals surface area contributed by atoms with Crippen molar-refractivity contribution in [1.82, 2.24) is 0 Å². The van der Waals surface area contributed by atoms with Crippen molar-refractivity contribution in [2.75, 3.05) is 0 Å². The third-order valence-corrected chi connectivity index (χ3v) is 6.72. The quantitative estimate of drug-likeness (QED) is 0.290. The Hall–Kier alpha value is -2.34. The maximum atomic E-state index is 12.6. The van der Waals surface area contributed by atoms with Gasteiger partial charge < -0.3 is 4.74 Å². The summed E-state index contributed by atoms with van der Waals surface area (Å²) in [5, 5.41) is 8.51. The van der Waals surface area contributed by atoms with Crippen molar-refractivity contribution in [3.63, 3.8) is 0 Å². The molecule has 0 bridgehead atoms. The van der Waals surface area contributed by atoms with Gasteiger partial charge in [0.2, 0.25) is 0 Å². The van der Waals surface area contributed by atoms with E-state index in [0.717, 1.165) is 57.8 Å². The molecule has 3 nitrogen and oxygen atoms in total. The maximum Gasteiger partial charge on any atom is 0.309 e. The average Bonchev–Trinajstić information content (AvgIpc) is 2.78. The van der Waals surface area contributed by atoms with Crippen molar-refractivity contribution in [2.45, 2.75) is 83.2 Å². The zero-order valence-corrected chi connectivity index (χ0v) is 18.3. The molecule has 1 aromatic carbocycles. The Morgan fingerprint density at radius 2 is 1.73 bits per heavy atom. The first-order valence-corrected chi connectivity index (χ1v) is 11.7. The second-order valence-electron chi connectivity index (χ2n) is 8.89. The smallest absolute Gasteiger partial charge is 0.309 e. The molecule has 2 fully saturated rings. The Morgan fingerprint density at radius 1 is 1.03 bits per heavy atom. The van der Waals surface area contributed by atoms with Crippen LogP contribution in [0.5, 0.6) is 0 Å². The molecule has 30 heavy (non-hydrogen) atoms. The number of hydrogen-bond acceptors (Lipinski definition) is 3. The summed E-state index contributed by atoms with van der Waals surface area (Å²) in [6.45, 7) is 2.22. The van der Waals surface area contributed by atoms with Crippen LogP contribution in [0.1, 0.15) is 81.8 Å². The highest BCUT2D eigenvalue weighted by Crippen LogP contribution is 2.36. The molecule has 3 rings (SSSR count). The highest BCUT2D eigenvalue weighted by Gasteiger charge is 2.30. The molecule has 2 aliphatic carbocycles. The molecule has 0 radical (unpaired) electrons. The van der Waals surface area contributed by atoms with E-state index in [9.17, 15) is 4.79 Å². The lowest BCUT2D eigenvalue weighted by atomic mass is 9.81. The molecule has 2 aliphatic rings. The van der Waals surface area contributed by atoms with E-state index < -0.39 is 0 Å². The normalized spacial score (nSPS) is 27.2. The first-order chi connectivity index (χ1) is 14.7. The molecule has 0 N–H and O–H groups in total. The van der Waals surface area contributed by atoms with Crippen molar-refractivity contribution >= 4 is 5.97 Å². The van der Waals surface area contributed by atoms with Crippen molar-refractivity contribution in [3.8, 4) is 6.07 Å². The summed E-state index contributed by atoms with van der Waals surface area (Å²) in [6.07, 6.45) is 17.9. The maximum absolute atomic E-state index is 12.6. The van der Waals surface area contributed by atoms with Gasteiger partial charge in [-0.15, -0.1) is 0 Å². The molecule has 0 spiro atoms. The van der Waals surface area contributed by atoms with Gasteiger partial charge in [0.25, 0.3) is 0 Å². The summed E-state index contributed by atoms with van der Waals surface area (Å²) >= 11 is 0. The van der Waals surface area contributed by atoms with E-state index in [2.05, 4.69) is 37.3 Å². The monoisotopic (exact) mass is 405 g/mol. The fourth-order valence-corrected chi connectivity index (χ4v) is 4.89. The van der Waals surface area contributed by atoms with Gasteiger partial charge in [-0.05, 0) is 80.8 Å². The van der Waals surface area contributed by atoms with Crippen LogP contribution in [-0.4, -0.2) is 12.1 Å². The van der Waals surface area contributed by atoms with Gasteiger partial charge in [0.1, 0.15) is 6.10 Å². The second-order valence-corrected chi connectivity index (χ2v) is 8.89. The number of carbonyl (C=O) groups is 1.